The number of hydrogen-bond donors (Lipinski definition) is 1. The van der Waals surface area contributed by atoms with Gasteiger partial charge in [0.2, 0.25) is 15.9 Å². The van der Waals surface area contributed by atoms with E-state index in [4.69, 9.17) is 9.47 Å². The number of carbonyl (C=O) groups excluding carboxylic acids is 1. The molecule has 166 valence electrons. The molecule has 8 heteroatoms. The molecule has 0 spiro atoms. The molecular formula is C23H28N2O5S. The van der Waals surface area contributed by atoms with Gasteiger partial charge in [0.05, 0.1) is 29.9 Å². The van der Waals surface area contributed by atoms with Gasteiger partial charge in [-0.25, -0.2) is 8.42 Å². The summed E-state index contributed by atoms with van der Waals surface area (Å²) in [6, 6.07) is 12.3. The zero-order valence-corrected chi connectivity index (χ0v) is 18.8. The maximum Gasteiger partial charge on any atom is 0.248 e. The van der Waals surface area contributed by atoms with Crippen molar-refractivity contribution < 1.29 is 22.7 Å². The van der Waals surface area contributed by atoms with Gasteiger partial charge in [-0.05, 0) is 50.6 Å². The lowest BCUT2D eigenvalue weighted by Crippen LogP contribution is -2.40. The van der Waals surface area contributed by atoms with Gasteiger partial charge in [0, 0.05) is 19.2 Å². The molecule has 1 heterocycles. The Morgan fingerprint density at radius 2 is 1.90 bits per heavy atom. The predicted molar refractivity (Wildman–Crippen MR) is 121 cm³/mol. The number of hydrogen-bond acceptors (Lipinski definition) is 5. The number of carbonyl (C=O) groups is 1. The van der Waals surface area contributed by atoms with E-state index in [0.29, 0.717) is 37.7 Å². The highest BCUT2D eigenvalue weighted by Crippen LogP contribution is 2.30. The number of amides is 1. The molecule has 31 heavy (non-hydrogen) atoms. The number of rotatable bonds is 7. The van der Waals surface area contributed by atoms with Crippen molar-refractivity contribution in [2.45, 2.75) is 31.8 Å². The van der Waals surface area contributed by atoms with Gasteiger partial charge in [-0.2, -0.15) is 4.31 Å². The van der Waals surface area contributed by atoms with Gasteiger partial charge in [0.15, 0.2) is 0 Å². The summed E-state index contributed by atoms with van der Waals surface area (Å²) in [5.74, 6) is 0.0317. The van der Waals surface area contributed by atoms with Crippen LogP contribution in [0.25, 0.3) is 6.08 Å². The van der Waals surface area contributed by atoms with Gasteiger partial charge in [0.25, 0.3) is 0 Å². The molecule has 2 aromatic rings. The van der Waals surface area contributed by atoms with E-state index >= 15 is 0 Å². The number of nitrogens with zero attached hydrogens (tertiary/aromatic N) is 1. The van der Waals surface area contributed by atoms with E-state index in [0.717, 1.165) is 11.1 Å². The van der Waals surface area contributed by atoms with Crippen molar-refractivity contribution in [2.75, 3.05) is 31.6 Å². The Bertz CT molecular complexity index is 1060. The molecule has 1 N–H and O–H groups in total. The van der Waals surface area contributed by atoms with Crippen LogP contribution in [0.2, 0.25) is 0 Å². The van der Waals surface area contributed by atoms with Crippen molar-refractivity contribution in [1.29, 1.82) is 0 Å². The Hall–Kier alpha value is -2.68. The first-order valence-corrected chi connectivity index (χ1v) is 11.6. The van der Waals surface area contributed by atoms with Crippen molar-refractivity contribution in [1.82, 2.24) is 4.31 Å². The van der Waals surface area contributed by atoms with Gasteiger partial charge in [-0.1, -0.05) is 29.8 Å². The predicted octanol–water partition coefficient (Wildman–Crippen LogP) is 3.46. The van der Waals surface area contributed by atoms with Crippen LogP contribution in [0.4, 0.5) is 5.69 Å². The van der Waals surface area contributed by atoms with Crippen LogP contribution in [-0.2, 0) is 19.6 Å². The summed E-state index contributed by atoms with van der Waals surface area (Å²) in [7, 11) is -3.70. The Labute approximate surface area is 183 Å². The zero-order chi connectivity index (χ0) is 22.4. The summed E-state index contributed by atoms with van der Waals surface area (Å²) in [6.07, 6.45) is 2.98. The highest BCUT2D eigenvalue weighted by atomic mass is 32.2. The van der Waals surface area contributed by atoms with Crippen LogP contribution in [0.3, 0.4) is 0 Å². The lowest BCUT2D eigenvalue weighted by Gasteiger charge is -2.26. The van der Waals surface area contributed by atoms with E-state index in [-0.39, 0.29) is 16.9 Å². The molecule has 0 atom stereocenters. The zero-order valence-electron chi connectivity index (χ0n) is 18.0. The first-order valence-electron chi connectivity index (χ1n) is 10.2. The van der Waals surface area contributed by atoms with Crippen LogP contribution >= 0.6 is 0 Å². The standard InChI is InChI=1S/C23H28N2O5S/c1-17(2)30-22-9-8-20(31(27,28)25-11-13-29-14-12-25)16-21(22)24-23(26)10-7-19-6-4-5-18(3)15-19/h4-10,15-17H,11-14H2,1-3H3,(H,24,26)/b10-7-. The van der Waals surface area contributed by atoms with E-state index in [1.54, 1.807) is 12.1 Å². The van der Waals surface area contributed by atoms with Crippen molar-refractivity contribution in [3.63, 3.8) is 0 Å². The normalized spacial score (nSPS) is 15.4. The Morgan fingerprint density at radius 1 is 1.16 bits per heavy atom. The van der Waals surface area contributed by atoms with Gasteiger partial charge in [0.1, 0.15) is 5.75 Å². The quantitative estimate of drug-likeness (QED) is 0.661. The number of ether oxygens (including phenoxy) is 2. The minimum atomic E-state index is -3.70. The molecule has 0 saturated carbocycles. The molecule has 2 aromatic carbocycles. The fourth-order valence-corrected chi connectivity index (χ4v) is 4.61. The molecule has 0 bridgehead atoms. The average Bonchev–Trinajstić information content (AvgIpc) is 2.74. The Balaban J connectivity index is 1.85. The molecule has 1 aliphatic rings. The fraction of sp³-hybridized carbons (Fsp3) is 0.348. The Kier molecular flexibility index (Phi) is 7.48. The Morgan fingerprint density at radius 3 is 2.58 bits per heavy atom. The molecule has 0 unspecified atom stereocenters. The van der Waals surface area contributed by atoms with Gasteiger partial charge in [-0.15, -0.1) is 0 Å². The second kappa shape index (κ2) is 10.1. The molecule has 1 fully saturated rings. The third kappa shape index (κ3) is 6.16. The topological polar surface area (TPSA) is 84.9 Å². The van der Waals surface area contributed by atoms with Crippen molar-refractivity contribution >= 4 is 27.7 Å². The number of morpholine rings is 1. The second-order valence-corrected chi connectivity index (χ2v) is 9.52. The SMILES string of the molecule is Cc1cccc(/C=C\C(=O)Nc2cc(S(=O)(=O)N3CCOCC3)ccc2OC(C)C)c1. The third-order valence-electron chi connectivity index (χ3n) is 4.65. The molecule has 1 saturated heterocycles. The number of nitrogens with one attached hydrogen (secondary N) is 1. The highest BCUT2D eigenvalue weighted by Gasteiger charge is 2.27. The second-order valence-electron chi connectivity index (χ2n) is 7.58. The molecular weight excluding hydrogens is 416 g/mol. The minimum Gasteiger partial charge on any atom is -0.489 e. The molecule has 0 aliphatic carbocycles. The monoisotopic (exact) mass is 444 g/mol. The van der Waals surface area contributed by atoms with Crippen LogP contribution in [0.1, 0.15) is 25.0 Å². The number of benzene rings is 2. The van der Waals surface area contributed by atoms with E-state index in [1.165, 1.54) is 22.5 Å². The van der Waals surface area contributed by atoms with Crippen LogP contribution in [0.5, 0.6) is 5.75 Å². The summed E-state index contributed by atoms with van der Waals surface area (Å²) in [6.45, 7) is 7.03. The smallest absolute Gasteiger partial charge is 0.248 e. The largest absolute Gasteiger partial charge is 0.489 e. The number of sulfonamides is 1. The first-order chi connectivity index (χ1) is 14.8. The van der Waals surface area contributed by atoms with Crippen LogP contribution in [0, 0.1) is 6.92 Å². The van der Waals surface area contributed by atoms with Crippen molar-refractivity contribution in [3.8, 4) is 5.75 Å². The summed E-state index contributed by atoms with van der Waals surface area (Å²) in [4.78, 5) is 12.6. The van der Waals surface area contributed by atoms with Crippen LogP contribution in [-0.4, -0.2) is 51.0 Å². The molecule has 7 nitrogen and oxygen atoms in total. The fourth-order valence-electron chi connectivity index (χ4n) is 3.18. The first kappa shape index (κ1) is 23.0. The molecule has 0 radical (unpaired) electrons. The lowest BCUT2D eigenvalue weighted by molar-refractivity contribution is -0.111. The van der Waals surface area contributed by atoms with Crippen LogP contribution < -0.4 is 10.1 Å². The summed E-state index contributed by atoms with van der Waals surface area (Å²) >= 11 is 0. The van der Waals surface area contributed by atoms with E-state index in [1.807, 2.05) is 45.0 Å². The van der Waals surface area contributed by atoms with Crippen LogP contribution in [0.15, 0.2) is 53.4 Å². The average molecular weight is 445 g/mol. The minimum absolute atomic E-state index is 0.100. The molecule has 0 aromatic heterocycles. The maximum atomic E-state index is 13.0. The van der Waals surface area contributed by atoms with Crippen molar-refractivity contribution in [3.05, 3.63) is 59.7 Å². The number of aryl methyl sites for hydroxylation is 1. The number of anilines is 1. The van der Waals surface area contributed by atoms with Gasteiger partial charge < -0.3 is 14.8 Å². The lowest BCUT2D eigenvalue weighted by atomic mass is 10.1. The molecule has 3 rings (SSSR count). The van der Waals surface area contributed by atoms with Crippen molar-refractivity contribution in [2.24, 2.45) is 0 Å². The van der Waals surface area contributed by atoms with E-state index < -0.39 is 10.0 Å². The maximum absolute atomic E-state index is 13.0. The van der Waals surface area contributed by atoms with E-state index in [9.17, 15) is 13.2 Å². The molecule has 1 amide bonds. The van der Waals surface area contributed by atoms with Gasteiger partial charge >= 0.3 is 0 Å². The summed E-state index contributed by atoms with van der Waals surface area (Å²) in [5.41, 5.74) is 2.30. The summed E-state index contributed by atoms with van der Waals surface area (Å²) in [5, 5.41) is 2.76. The summed E-state index contributed by atoms with van der Waals surface area (Å²) < 4.78 is 38.4. The van der Waals surface area contributed by atoms with Gasteiger partial charge in [-0.3, -0.25) is 4.79 Å². The molecule has 1 aliphatic heterocycles. The highest BCUT2D eigenvalue weighted by molar-refractivity contribution is 7.89. The third-order valence-corrected chi connectivity index (χ3v) is 6.54. The van der Waals surface area contributed by atoms with E-state index in [2.05, 4.69) is 5.32 Å².